The van der Waals surface area contributed by atoms with E-state index in [9.17, 15) is 9.50 Å². The number of hydrogen-bond donors (Lipinski definition) is 1. The molecule has 0 spiro atoms. The van der Waals surface area contributed by atoms with Crippen LogP contribution in [-0.4, -0.2) is 21.4 Å². The highest BCUT2D eigenvalue weighted by atomic mass is 19.1. The second-order valence-electron chi connectivity index (χ2n) is 5.99. The van der Waals surface area contributed by atoms with Crippen LogP contribution < -0.4 is 0 Å². The van der Waals surface area contributed by atoms with Crippen molar-refractivity contribution in [1.82, 2.24) is 10.1 Å². The number of halogens is 1. The average Bonchev–Trinajstić information content (AvgIpc) is 2.78. The molecule has 0 aliphatic carbocycles. The fourth-order valence-corrected chi connectivity index (χ4v) is 1.70. The maximum absolute atomic E-state index is 12.8. The Morgan fingerprint density at radius 1 is 1.25 bits per heavy atom. The minimum atomic E-state index is -0.540. The van der Waals surface area contributed by atoms with Crippen molar-refractivity contribution in [3.05, 3.63) is 47.4 Å². The van der Waals surface area contributed by atoms with Crippen LogP contribution in [0.25, 0.3) is 0 Å². The van der Waals surface area contributed by atoms with Crippen LogP contribution in [0.1, 0.15) is 38.0 Å². The van der Waals surface area contributed by atoms with Crippen molar-refractivity contribution in [3.63, 3.8) is 0 Å². The number of aromatic nitrogens is 2. The van der Waals surface area contributed by atoms with Crippen LogP contribution in [-0.2, 0) is 12.8 Å². The van der Waals surface area contributed by atoms with Crippen LogP contribution in [0, 0.1) is 11.2 Å². The van der Waals surface area contributed by atoms with Gasteiger partial charge in [0.25, 0.3) is 0 Å². The Morgan fingerprint density at radius 2 is 1.90 bits per heavy atom. The summed E-state index contributed by atoms with van der Waals surface area (Å²) < 4.78 is 17.9. The molecule has 0 amide bonds. The topological polar surface area (TPSA) is 59.2 Å². The van der Waals surface area contributed by atoms with Crippen molar-refractivity contribution in [3.8, 4) is 0 Å². The van der Waals surface area contributed by atoms with Crippen LogP contribution in [0.2, 0.25) is 0 Å². The normalized spacial score (nSPS) is 13.4. The molecule has 0 radical (unpaired) electrons. The van der Waals surface area contributed by atoms with Gasteiger partial charge < -0.3 is 9.63 Å². The van der Waals surface area contributed by atoms with E-state index in [0.29, 0.717) is 24.6 Å². The molecule has 2 aromatic rings. The minimum absolute atomic E-state index is 0.231. The second kappa shape index (κ2) is 5.71. The predicted molar refractivity (Wildman–Crippen MR) is 72.7 cm³/mol. The molecule has 0 aliphatic heterocycles. The quantitative estimate of drug-likeness (QED) is 0.934. The first-order valence-corrected chi connectivity index (χ1v) is 6.58. The van der Waals surface area contributed by atoms with Gasteiger partial charge in [-0.15, -0.1) is 0 Å². The molecule has 1 N–H and O–H groups in total. The molecule has 0 bridgehead atoms. The second-order valence-corrected chi connectivity index (χ2v) is 5.99. The van der Waals surface area contributed by atoms with Gasteiger partial charge in [-0.25, -0.2) is 4.39 Å². The first-order chi connectivity index (χ1) is 9.34. The summed E-state index contributed by atoms with van der Waals surface area (Å²) in [5.41, 5.74) is 0.682. The van der Waals surface area contributed by atoms with Gasteiger partial charge in [-0.1, -0.05) is 38.1 Å². The summed E-state index contributed by atoms with van der Waals surface area (Å²) in [6, 6.07) is 6.18. The molecule has 0 saturated heterocycles. The molecule has 1 unspecified atom stereocenters. The van der Waals surface area contributed by atoms with Gasteiger partial charge in [0.05, 0.1) is 12.5 Å². The lowest BCUT2D eigenvalue weighted by molar-refractivity contribution is 0.0565. The van der Waals surface area contributed by atoms with E-state index in [4.69, 9.17) is 4.52 Å². The van der Waals surface area contributed by atoms with Crippen molar-refractivity contribution in [2.24, 2.45) is 5.41 Å². The lowest BCUT2D eigenvalue weighted by Gasteiger charge is -2.24. The van der Waals surface area contributed by atoms with Gasteiger partial charge >= 0.3 is 0 Å². The third-order valence-corrected chi connectivity index (χ3v) is 3.15. The van der Waals surface area contributed by atoms with Crippen molar-refractivity contribution >= 4 is 0 Å². The Kier molecular flexibility index (Phi) is 4.18. The molecule has 1 aromatic heterocycles. The Morgan fingerprint density at radius 3 is 2.50 bits per heavy atom. The van der Waals surface area contributed by atoms with Gasteiger partial charge in [-0.3, -0.25) is 0 Å². The van der Waals surface area contributed by atoms with Crippen molar-refractivity contribution in [1.29, 1.82) is 0 Å². The van der Waals surface area contributed by atoms with E-state index >= 15 is 0 Å². The number of benzene rings is 1. The molecule has 20 heavy (non-hydrogen) atoms. The molecule has 1 aromatic carbocycles. The van der Waals surface area contributed by atoms with Gasteiger partial charge in [0.2, 0.25) is 5.89 Å². The molecule has 1 atom stereocenters. The molecular weight excluding hydrogens is 259 g/mol. The molecule has 1 heterocycles. The smallest absolute Gasteiger partial charge is 0.229 e. The SMILES string of the molecule is CC(C)(C)C(O)Cc1nc(Cc2ccc(F)cc2)no1. The molecule has 0 aliphatic rings. The molecule has 4 nitrogen and oxygen atoms in total. The number of hydrogen-bond acceptors (Lipinski definition) is 4. The van der Waals surface area contributed by atoms with E-state index in [1.165, 1.54) is 12.1 Å². The van der Waals surface area contributed by atoms with Gasteiger partial charge in [-0.2, -0.15) is 4.98 Å². The molecule has 0 fully saturated rings. The van der Waals surface area contributed by atoms with Crippen LogP contribution in [0.4, 0.5) is 4.39 Å². The molecular formula is C15H19FN2O2. The first kappa shape index (κ1) is 14.7. The summed E-state index contributed by atoms with van der Waals surface area (Å²) in [7, 11) is 0. The van der Waals surface area contributed by atoms with E-state index < -0.39 is 6.10 Å². The van der Waals surface area contributed by atoms with Gasteiger partial charge in [0.15, 0.2) is 5.82 Å². The van der Waals surface area contributed by atoms with Crippen LogP contribution in [0.15, 0.2) is 28.8 Å². The van der Waals surface area contributed by atoms with E-state index in [1.54, 1.807) is 12.1 Å². The third-order valence-electron chi connectivity index (χ3n) is 3.15. The fourth-order valence-electron chi connectivity index (χ4n) is 1.70. The van der Waals surface area contributed by atoms with E-state index in [1.807, 2.05) is 20.8 Å². The Labute approximate surface area is 117 Å². The lowest BCUT2D eigenvalue weighted by Crippen LogP contribution is -2.28. The van der Waals surface area contributed by atoms with Crippen molar-refractivity contribution in [2.45, 2.75) is 39.7 Å². The van der Waals surface area contributed by atoms with Crippen LogP contribution in [0.3, 0.4) is 0 Å². The predicted octanol–water partition coefficient (Wildman–Crippen LogP) is 2.75. The van der Waals surface area contributed by atoms with Crippen LogP contribution >= 0.6 is 0 Å². The summed E-state index contributed by atoms with van der Waals surface area (Å²) in [4.78, 5) is 4.25. The summed E-state index contributed by atoms with van der Waals surface area (Å²) in [5.74, 6) is 0.688. The minimum Gasteiger partial charge on any atom is -0.392 e. The molecule has 5 heteroatoms. The van der Waals surface area contributed by atoms with E-state index in [2.05, 4.69) is 10.1 Å². The zero-order valence-corrected chi connectivity index (χ0v) is 11.9. The zero-order chi connectivity index (χ0) is 14.8. The summed E-state index contributed by atoms with van der Waals surface area (Å²) in [6.45, 7) is 5.86. The van der Waals surface area contributed by atoms with E-state index in [-0.39, 0.29) is 11.2 Å². The highest BCUT2D eigenvalue weighted by Crippen LogP contribution is 2.22. The number of nitrogens with zero attached hydrogens (tertiary/aromatic N) is 2. The van der Waals surface area contributed by atoms with Crippen LogP contribution in [0.5, 0.6) is 0 Å². The maximum Gasteiger partial charge on any atom is 0.229 e. The van der Waals surface area contributed by atoms with Gasteiger partial charge in [0.1, 0.15) is 5.82 Å². The van der Waals surface area contributed by atoms with E-state index in [0.717, 1.165) is 5.56 Å². The monoisotopic (exact) mass is 278 g/mol. The first-order valence-electron chi connectivity index (χ1n) is 6.58. The average molecular weight is 278 g/mol. The molecule has 108 valence electrons. The van der Waals surface area contributed by atoms with Crippen molar-refractivity contribution in [2.75, 3.05) is 0 Å². The molecule has 0 saturated carbocycles. The fraction of sp³-hybridized carbons (Fsp3) is 0.467. The summed E-state index contributed by atoms with van der Waals surface area (Å²) >= 11 is 0. The third kappa shape index (κ3) is 3.87. The van der Waals surface area contributed by atoms with Gasteiger partial charge in [0, 0.05) is 6.42 Å². The van der Waals surface area contributed by atoms with Crippen molar-refractivity contribution < 1.29 is 14.0 Å². The maximum atomic E-state index is 12.8. The Balaban J connectivity index is 2.00. The largest absolute Gasteiger partial charge is 0.392 e. The summed E-state index contributed by atoms with van der Waals surface area (Å²) in [6.07, 6.45) is 0.275. The zero-order valence-electron chi connectivity index (χ0n) is 11.9. The Hall–Kier alpha value is -1.75. The molecule has 2 rings (SSSR count). The highest BCUT2D eigenvalue weighted by Gasteiger charge is 2.24. The number of rotatable bonds is 4. The lowest BCUT2D eigenvalue weighted by atomic mass is 9.87. The summed E-state index contributed by atoms with van der Waals surface area (Å²) in [5, 5.41) is 13.9. The Bertz CT molecular complexity index is 558. The standard InChI is InChI=1S/C15H19FN2O2/c1-15(2,3)12(19)9-14-17-13(18-20-14)8-10-4-6-11(16)7-5-10/h4-7,12,19H,8-9H2,1-3H3. The van der Waals surface area contributed by atoms with Gasteiger partial charge in [-0.05, 0) is 23.1 Å². The highest BCUT2D eigenvalue weighted by molar-refractivity contribution is 5.19. The number of aliphatic hydroxyl groups excluding tert-OH is 1. The number of aliphatic hydroxyl groups is 1.